The second-order valence-electron chi connectivity index (χ2n) is 7.23. The third-order valence-electron chi connectivity index (χ3n) is 4.84. The Morgan fingerprint density at radius 1 is 1.03 bits per heavy atom. The molecule has 160 valence electrons. The summed E-state index contributed by atoms with van der Waals surface area (Å²) >= 11 is 1.58. The fourth-order valence-corrected chi connectivity index (χ4v) is 5.39. The Labute approximate surface area is 187 Å². The maximum Gasteiger partial charge on any atom is 0.261 e. The number of benzene rings is 3. The Hall–Kier alpha value is -2.97. The van der Waals surface area contributed by atoms with Crippen LogP contribution in [0.1, 0.15) is 18.9 Å². The van der Waals surface area contributed by atoms with Gasteiger partial charge in [0.2, 0.25) is 0 Å². The molecule has 0 atom stereocenters. The molecule has 3 aromatic rings. The van der Waals surface area contributed by atoms with E-state index in [1.165, 1.54) is 0 Å². The van der Waals surface area contributed by atoms with Gasteiger partial charge in [-0.25, -0.2) is 13.4 Å². The van der Waals surface area contributed by atoms with Gasteiger partial charge in [-0.05, 0) is 60.5 Å². The SMILES string of the molecule is CCCN1Cc2cc(Sc3cccc(NS(=O)(=O)c4ccccc4)c3)ccc2N=C1N. The van der Waals surface area contributed by atoms with Crippen LogP contribution >= 0.6 is 11.8 Å². The lowest BCUT2D eigenvalue weighted by molar-refractivity contribution is 0.402. The maximum absolute atomic E-state index is 12.6. The predicted octanol–water partition coefficient (Wildman–Crippen LogP) is 4.81. The van der Waals surface area contributed by atoms with E-state index in [0.29, 0.717) is 11.6 Å². The summed E-state index contributed by atoms with van der Waals surface area (Å²) in [4.78, 5) is 8.83. The summed E-state index contributed by atoms with van der Waals surface area (Å²) in [6.07, 6.45) is 1.01. The highest BCUT2D eigenvalue weighted by atomic mass is 32.2. The number of nitrogens with two attached hydrogens (primary N) is 1. The van der Waals surface area contributed by atoms with Crippen LogP contribution in [0.4, 0.5) is 11.4 Å². The minimum absolute atomic E-state index is 0.235. The summed E-state index contributed by atoms with van der Waals surface area (Å²) in [5, 5.41) is 0. The molecule has 0 unspecified atom stereocenters. The minimum Gasteiger partial charge on any atom is -0.369 e. The van der Waals surface area contributed by atoms with Crippen molar-refractivity contribution in [2.75, 3.05) is 11.3 Å². The normalized spacial score (nSPS) is 13.5. The molecular formula is C23H24N4O2S2. The molecule has 3 aromatic carbocycles. The van der Waals surface area contributed by atoms with Gasteiger partial charge in [0.1, 0.15) is 0 Å². The molecule has 1 aliphatic heterocycles. The minimum atomic E-state index is -3.62. The highest BCUT2D eigenvalue weighted by Gasteiger charge is 2.18. The van der Waals surface area contributed by atoms with Gasteiger partial charge in [0.15, 0.2) is 5.96 Å². The van der Waals surface area contributed by atoms with E-state index in [2.05, 4.69) is 27.6 Å². The smallest absolute Gasteiger partial charge is 0.261 e. The molecule has 4 rings (SSSR count). The molecule has 0 saturated carbocycles. The van der Waals surface area contributed by atoms with E-state index in [1.54, 1.807) is 48.2 Å². The van der Waals surface area contributed by atoms with Gasteiger partial charge in [0, 0.05) is 28.6 Å². The molecule has 0 bridgehead atoms. The zero-order valence-corrected chi connectivity index (χ0v) is 18.8. The molecule has 0 saturated heterocycles. The van der Waals surface area contributed by atoms with Crippen LogP contribution in [0, 0.1) is 0 Å². The summed E-state index contributed by atoms with van der Waals surface area (Å²) in [6.45, 7) is 3.73. The monoisotopic (exact) mass is 452 g/mol. The molecule has 0 fully saturated rings. The van der Waals surface area contributed by atoms with E-state index in [-0.39, 0.29) is 4.90 Å². The van der Waals surface area contributed by atoms with E-state index < -0.39 is 10.0 Å². The molecule has 1 aliphatic rings. The summed E-state index contributed by atoms with van der Waals surface area (Å²) in [5.41, 5.74) is 8.63. The van der Waals surface area contributed by atoms with E-state index in [0.717, 1.165) is 40.6 Å². The van der Waals surface area contributed by atoms with Crippen LogP contribution in [0.3, 0.4) is 0 Å². The number of hydrogen-bond acceptors (Lipinski definition) is 6. The van der Waals surface area contributed by atoms with Crippen LogP contribution < -0.4 is 10.5 Å². The third-order valence-corrected chi connectivity index (χ3v) is 7.22. The van der Waals surface area contributed by atoms with Crippen LogP contribution in [-0.2, 0) is 16.6 Å². The first-order valence-electron chi connectivity index (χ1n) is 10.0. The number of hydrogen-bond donors (Lipinski definition) is 2. The van der Waals surface area contributed by atoms with Gasteiger partial charge in [0.25, 0.3) is 10.0 Å². The van der Waals surface area contributed by atoms with Gasteiger partial charge in [-0.3, -0.25) is 4.72 Å². The number of nitrogens with one attached hydrogen (secondary N) is 1. The number of sulfonamides is 1. The van der Waals surface area contributed by atoms with Crippen molar-refractivity contribution in [3.63, 3.8) is 0 Å². The van der Waals surface area contributed by atoms with Crippen molar-refractivity contribution in [3.05, 3.63) is 78.4 Å². The fourth-order valence-electron chi connectivity index (χ4n) is 3.38. The van der Waals surface area contributed by atoms with Gasteiger partial charge in [-0.15, -0.1) is 0 Å². The number of nitrogens with zero attached hydrogens (tertiary/aromatic N) is 2. The Kier molecular flexibility index (Phi) is 6.20. The Morgan fingerprint density at radius 2 is 1.81 bits per heavy atom. The summed E-state index contributed by atoms with van der Waals surface area (Å²) in [6, 6.07) is 21.9. The number of aliphatic imine (C=N–C) groups is 1. The maximum atomic E-state index is 12.6. The highest BCUT2D eigenvalue weighted by Crippen LogP contribution is 2.34. The number of fused-ring (bicyclic) bond motifs is 1. The molecule has 31 heavy (non-hydrogen) atoms. The summed E-state index contributed by atoms with van der Waals surface area (Å²) < 4.78 is 27.8. The topological polar surface area (TPSA) is 87.8 Å². The first kappa shape index (κ1) is 21.3. The highest BCUT2D eigenvalue weighted by molar-refractivity contribution is 7.99. The van der Waals surface area contributed by atoms with Crippen molar-refractivity contribution in [3.8, 4) is 0 Å². The standard InChI is InChI=1S/C23H24N4O2S2/c1-2-13-27-16-17-14-20(11-12-22(17)25-23(27)24)30-19-8-6-7-18(15-19)26-31(28,29)21-9-4-3-5-10-21/h3-12,14-15,26H,2,13,16H2,1H3,(H2,24,25). The van der Waals surface area contributed by atoms with Crippen molar-refractivity contribution in [2.24, 2.45) is 10.7 Å². The fraction of sp³-hybridized carbons (Fsp3) is 0.174. The summed E-state index contributed by atoms with van der Waals surface area (Å²) in [7, 11) is -3.62. The quantitative estimate of drug-likeness (QED) is 0.537. The van der Waals surface area contributed by atoms with Gasteiger partial charge in [0.05, 0.1) is 10.6 Å². The Morgan fingerprint density at radius 3 is 2.58 bits per heavy atom. The number of anilines is 1. The van der Waals surface area contributed by atoms with Gasteiger partial charge in [-0.1, -0.05) is 43.0 Å². The van der Waals surface area contributed by atoms with Crippen LogP contribution in [0.25, 0.3) is 0 Å². The van der Waals surface area contributed by atoms with Crippen molar-refractivity contribution < 1.29 is 8.42 Å². The molecular weight excluding hydrogens is 428 g/mol. The van der Waals surface area contributed by atoms with Crippen molar-refractivity contribution in [2.45, 2.75) is 34.6 Å². The van der Waals surface area contributed by atoms with E-state index in [9.17, 15) is 8.42 Å². The molecule has 1 heterocycles. The molecule has 0 amide bonds. The number of rotatable bonds is 7. The largest absolute Gasteiger partial charge is 0.369 e. The second kappa shape index (κ2) is 9.03. The van der Waals surface area contributed by atoms with Gasteiger partial charge in [-0.2, -0.15) is 0 Å². The average Bonchev–Trinajstić information content (AvgIpc) is 2.75. The first-order valence-corrected chi connectivity index (χ1v) is 12.3. The Balaban J connectivity index is 1.52. The molecule has 8 heteroatoms. The molecule has 3 N–H and O–H groups in total. The van der Waals surface area contributed by atoms with E-state index >= 15 is 0 Å². The van der Waals surface area contributed by atoms with Gasteiger partial charge >= 0.3 is 0 Å². The predicted molar refractivity (Wildman–Crippen MR) is 126 cm³/mol. The molecule has 0 aromatic heterocycles. The van der Waals surface area contributed by atoms with Crippen LogP contribution in [0.15, 0.2) is 92.5 Å². The average molecular weight is 453 g/mol. The number of guanidine groups is 1. The lowest BCUT2D eigenvalue weighted by atomic mass is 10.1. The lowest BCUT2D eigenvalue weighted by Gasteiger charge is -2.28. The van der Waals surface area contributed by atoms with Crippen molar-refractivity contribution in [1.29, 1.82) is 0 Å². The zero-order chi connectivity index (χ0) is 21.8. The third kappa shape index (κ3) is 5.03. The molecule has 0 spiro atoms. The molecule has 0 aliphatic carbocycles. The van der Waals surface area contributed by atoms with Crippen molar-refractivity contribution in [1.82, 2.24) is 4.90 Å². The Bertz CT molecular complexity index is 1210. The molecule has 0 radical (unpaired) electrons. The summed E-state index contributed by atoms with van der Waals surface area (Å²) in [5.74, 6) is 0.563. The van der Waals surface area contributed by atoms with Crippen LogP contribution in [-0.4, -0.2) is 25.8 Å². The van der Waals surface area contributed by atoms with E-state index in [1.807, 2.05) is 30.3 Å². The lowest BCUT2D eigenvalue weighted by Crippen LogP contribution is -2.39. The zero-order valence-electron chi connectivity index (χ0n) is 17.2. The second-order valence-corrected chi connectivity index (χ2v) is 10.1. The van der Waals surface area contributed by atoms with E-state index in [4.69, 9.17) is 5.73 Å². The van der Waals surface area contributed by atoms with Crippen LogP contribution in [0.5, 0.6) is 0 Å². The van der Waals surface area contributed by atoms with Gasteiger partial charge < -0.3 is 10.6 Å². The van der Waals surface area contributed by atoms with Crippen molar-refractivity contribution >= 4 is 39.1 Å². The first-order chi connectivity index (χ1) is 14.9. The molecule has 6 nitrogen and oxygen atoms in total. The van der Waals surface area contributed by atoms with Crippen LogP contribution in [0.2, 0.25) is 0 Å².